The highest BCUT2D eigenvalue weighted by atomic mass is 35.5. The van der Waals surface area contributed by atoms with Crippen molar-refractivity contribution in [1.82, 2.24) is 9.55 Å². The van der Waals surface area contributed by atoms with Crippen molar-refractivity contribution in [2.75, 3.05) is 5.88 Å². The molecule has 1 aromatic carbocycles. The van der Waals surface area contributed by atoms with Gasteiger partial charge >= 0.3 is 0 Å². The van der Waals surface area contributed by atoms with Gasteiger partial charge in [0, 0.05) is 24.9 Å². The minimum Gasteiger partial charge on any atom is -0.328 e. The number of hydrogen-bond donors (Lipinski definition) is 0. The summed E-state index contributed by atoms with van der Waals surface area (Å²) in [6, 6.07) is 3.04. The van der Waals surface area contributed by atoms with E-state index in [0.29, 0.717) is 17.8 Å². The fourth-order valence-corrected chi connectivity index (χ4v) is 2.47. The average Bonchev–Trinajstić information content (AvgIpc) is 2.64. The SMILES string of the molecule is CC(C)(C)CCn1c(CCCl)nc2cc(F)c(Cl)cc21. The summed E-state index contributed by atoms with van der Waals surface area (Å²) < 4.78 is 15.6. The van der Waals surface area contributed by atoms with Gasteiger partial charge in [-0.05, 0) is 17.9 Å². The monoisotopic (exact) mass is 316 g/mol. The molecule has 5 heteroatoms. The Morgan fingerprint density at radius 1 is 1.30 bits per heavy atom. The lowest BCUT2D eigenvalue weighted by atomic mass is 9.92. The Kier molecular flexibility index (Phi) is 4.60. The summed E-state index contributed by atoms with van der Waals surface area (Å²) in [7, 11) is 0. The molecule has 20 heavy (non-hydrogen) atoms. The Hall–Kier alpha value is -0.800. The Balaban J connectivity index is 2.47. The maximum Gasteiger partial charge on any atom is 0.144 e. The fourth-order valence-electron chi connectivity index (χ4n) is 2.14. The molecule has 0 unspecified atom stereocenters. The van der Waals surface area contributed by atoms with Crippen LogP contribution >= 0.6 is 23.2 Å². The smallest absolute Gasteiger partial charge is 0.144 e. The van der Waals surface area contributed by atoms with Gasteiger partial charge in [-0.2, -0.15) is 0 Å². The minimum atomic E-state index is -0.433. The third kappa shape index (κ3) is 3.44. The Bertz CT molecular complexity index is 614. The highest BCUT2D eigenvalue weighted by Crippen LogP contribution is 2.27. The van der Waals surface area contributed by atoms with Gasteiger partial charge in [-0.3, -0.25) is 0 Å². The quantitative estimate of drug-likeness (QED) is 0.722. The number of rotatable bonds is 4. The van der Waals surface area contributed by atoms with Gasteiger partial charge in [-0.1, -0.05) is 32.4 Å². The standard InChI is InChI=1S/C15H19Cl2FN2/c1-15(2,3)5-7-20-13-8-10(17)11(18)9-12(13)19-14(20)4-6-16/h8-9H,4-7H2,1-3H3. The van der Waals surface area contributed by atoms with E-state index in [2.05, 4.69) is 30.3 Å². The van der Waals surface area contributed by atoms with Crippen LogP contribution < -0.4 is 0 Å². The van der Waals surface area contributed by atoms with Crippen LogP contribution in [0.25, 0.3) is 11.0 Å². The summed E-state index contributed by atoms with van der Waals surface area (Å²) in [5.74, 6) is 0.952. The van der Waals surface area contributed by atoms with Crippen molar-refractivity contribution in [1.29, 1.82) is 0 Å². The Morgan fingerprint density at radius 2 is 2.00 bits per heavy atom. The number of nitrogens with zero attached hydrogens (tertiary/aromatic N) is 2. The minimum absolute atomic E-state index is 0.131. The van der Waals surface area contributed by atoms with Crippen LogP contribution in [0.5, 0.6) is 0 Å². The van der Waals surface area contributed by atoms with E-state index in [0.717, 1.165) is 24.3 Å². The molecule has 2 nitrogen and oxygen atoms in total. The van der Waals surface area contributed by atoms with Crippen LogP contribution in [0.2, 0.25) is 5.02 Å². The molecule has 0 aliphatic rings. The van der Waals surface area contributed by atoms with E-state index in [1.807, 2.05) is 0 Å². The molecule has 0 saturated carbocycles. The number of aryl methyl sites for hydroxylation is 2. The van der Waals surface area contributed by atoms with Gasteiger partial charge in [0.25, 0.3) is 0 Å². The van der Waals surface area contributed by atoms with Crippen LogP contribution in [0, 0.1) is 11.2 Å². The van der Waals surface area contributed by atoms with Crippen molar-refractivity contribution in [3.8, 4) is 0 Å². The van der Waals surface area contributed by atoms with Crippen LogP contribution in [-0.4, -0.2) is 15.4 Å². The second-order valence-corrected chi connectivity index (χ2v) is 6.97. The lowest BCUT2D eigenvalue weighted by Gasteiger charge is -2.19. The largest absolute Gasteiger partial charge is 0.328 e. The Labute approximate surface area is 128 Å². The van der Waals surface area contributed by atoms with Crippen molar-refractivity contribution >= 4 is 34.2 Å². The van der Waals surface area contributed by atoms with Gasteiger partial charge in [0.2, 0.25) is 0 Å². The van der Waals surface area contributed by atoms with Crippen molar-refractivity contribution < 1.29 is 4.39 Å². The second kappa shape index (κ2) is 5.90. The summed E-state index contributed by atoms with van der Waals surface area (Å²) in [5.41, 5.74) is 1.74. The lowest BCUT2D eigenvalue weighted by molar-refractivity contribution is 0.350. The summed E-state index contributed by atoms with van der Waals surface area (Å²) in [6.45, 7) is 7.41. The molecule has 2 rings (SSSR count). The van der Waals surface area contributed by atoms with E-state index < -0.39 is 5.82 Å². The van der Waals surface area contributed by atoms with Crippen molar-refractivity contribution in [2.24, 2.45) is 5.41 Å². The fraction of sp³-hybridized carbons (Fsp3) is 0.533. The highest BCUT2D eigenvalue weighted by molar-refractivity contribution is 6.31. The predicted molar refractivity (Wildman–Crippen MR) is 83.2 cm³/mol. The van der Waals surface area contributed by atoms with Crippen LogP contribution in [0.15, 0.2) is 12.1 Å². The van der Waals surface area contributed by atoms with E-state index in [1.54, 1.807) is 6.07 Å². The zero-order valence-corrected chi connectivity index (χ0v) is 13.5. The van der Waals surface area contributed by atoms with Crippen LogP contribution in [0.1, 0.15) is 33.0 Å². The van der Waals surface area contributed by atoms with Crippen LogP contribution in [-0.2, 0) is 13.0 Å². The summed E-state index contributed by atoms with van der Waals surface area (Å²) in [6.07, 6.45) is 1.67. The molecule has 2 aromatic rings. The molecule has 0 bridgehead atoms. The first-order chi connectivity index (χ1) is 9.31. The van der Waals surface area contributed by atoms with E-state index in [9.17, 15) is 4.39 Å². The third-order valence-corrected chi connectivity index (χ3v) is 3.75. The lowest BCUT2D eigenvalue weighted by Crippen LogP contribution is -2.12. The van der Waals surface area contributed by atoms with Gasteiger partial charge in [-0.15, -0.1) is 11.6 Å². The molecular weight excluding hydrogens is 298 g/mol. The predicted octanol–water partition coefficient (Wildman–Crippen LogP) is 5.05. The Morgan fingerprint density at radius 3 is 2.60 bits per heavy atom. The molecule has 0 amide bonds. The number of benzene rings is 1. The zero-order chi connectivity index (χ0) is 14.9. The summed E-state index contributed by atoms with van der Waals surface area (Å²) in [4.78, 5) is 4.48. The molecule has 110 valence electrons. The first kappa shape index (κ1) is 15.6. The molecule has 0 fully saturated rings. The van der Waals surface area contributed by atoms with Crippen molar-refractivity contribution in [3.63, 3.8) is 0 Å². The van der Waals surface area contributed by atoms with Gasteiger partial charge in [0.1, 0.15) is 11.6 Å². The number of alkyl halides is 1. The molecule has 0 N–H and O–H groups in total. The highest BCUT2D eigenvalue weighted by Gasteiger charge is 2.16. The van der Waals surface area contributed by atoms with Crippen LogP contribution in [0.4, 0.5) is 4.39 Å². The van der Waals surface area contributed by atoms with Gasteiger partial charge in [-0.25, -0.2) is 9.37 Å². The molecule has 1 aromatic heterocycles. The number of imidazole rings is 1. The van der Waals surface area contributed by atoms with E-state index in [-0.39, 0.29) is 10.4 Å². The topological polar surface area (TPSA) is 17.8 Å². The molecule has 0 aliphatic heterocycles. The van der Waals surface area contributed by atoms with Gasteiger partial charge < -0.3 is 4.57 Å². The molecule has 1 heterocycles. The molecule has 0 atom stereocenters. The maximum absolute atomic E-state index is 13.5. The van der Waals surface area contributed by atoms with Crippen LogP contribution in [0.3, 0.4) is 0 Å². The van der Waals surface area contributed by atoms with Crippen molar-refractivity contribution in [3.05, 3.63) is 28.8 Å². The molecule has 0 saturated heterocycles. The number of hydrogen-bond acceptors (Lipinski definition) is 1. The number of halogens is 3. The second-order valence-electron chi connectivity index (χ2n) is 6.18. The first-order valence-corrected chi connectivity index (χ1v) is 7.63. The van der Waals surface area contributed by atoms with E-state index >= 15 is 0 Å². The zero-order valence-electron chi connectivity index (χ0n) is 12.0. The normalized spacial score (nSPS) is 12.3. The van der Waals surface area contributed by atoms with Gasteiger partial charge in [0.05, 0.1) is 16.1 Å². The molecule has 0 radical (unpaired) electrons. The van der Waals surface area contributed by atoms with Crippen molar-refractivity contribution in [2.45, 2.75) is 40.2 Å². The van der Waals surface area contributed by atoms with Gasteiger partial charge in [0.15, 0.2) is 0 Å². The summed E-state index contributed by atoms with van der Waals surface area (Å²) in [5, 5.41) is 0.131. The number of aromatic nitrogens is 2. The first-order valence-electron chi connectivity index (χ1n) is 6.72. The molecule has 0 aliphatic carbocycles. The molecule has 0 spiro atoms. The number of fused-ring (bicyclic) bond motifs is 1. The van der Waals surface area contributed by atoms with E-state index in [1.165, 1.54) is 6.07 Å². The van der Waals surface area contributed by atoms with E-state index in [4.69, 9.17) is 23.2 Å². The third-order valence-electron chi connectivity index (χ3n) is 3.27. The maximum atomic E-state index is 13.5. The molecular formula is C15H19Cl2FN2. The average molecular weight is 317 g/mol. The summed E-state index contributed by atoms with van der Waals surface area (Å²) >= 11 is 11.7.